The van der Waals surface area contributed by atoms with Crippen molar-refractivity contribution in [2.45, 2.75) is 13.5 Å². The average Bonchev–Trinajstić information content (AvgIpc) is 2.70. The van der Waals surface area contributed by atoms with E-state index in [0.29, 0.717) is 28.2 Å². The lowest BCUT2D eigenvalue weighted by atomic mass is 10.1. The molecule has 1 aromatic heterocycles. The van der Waals surface area contributed by atoms with Crippen LogP contribution in [0.4, 0.5) is 17.5 Å². The second kappa shape index (κ2) is 8.05. The van der Waals surface area contributed by atoms with E-state index in [2.05, 4.69) is 51.8 Å². The zero-order valence-corrected chi connectivity index (χ0v) is 16.7. The molecule has 3 aromatic carbocycles. The van der Waals surface area contributed by atoms with Gasteiger partial charge in [0, 0.05) is 17.0 Å². The van der Waals surface area contributed by atoms with Gasteiger partial charge in [0.2, 0.25) is 5.95 Å². The van der Waals surface area contributed by atoms with Crippen LogP contribution in [0.1, 0.15) is 11.1 Å². The van der Waals surface area contributed by atoms with E-state index in [9.17, 15) is 0 Å². The first-order valence-corrected chi connectivity index (χ1v) is 9.62. The van der Waals surface area contributed by atoms with Crippen molar-refractivity contribution in [2.24, 2.45) is 0 Å². The normalized spacial score (nSPS) is 10.8. The number of nitrogens with zero attached hydrogens (tertiary/aromatic N) is 2. The molecule has 0 bridgehead atoms. The van der Waals surface area contributed by atoms with Gasteiger partial charge in [-0.2, -0.15) is 4.98 Å². The molecule has 0 atom stereocenters. The molecule has 0 saturated carbocycles. The summed E-state index contributed by atoms with van der Waals surface area (Å²) < 4.78 is 0. The summed E-state index contributed by atoms with van der Waals surface area (Å²) in [5.41, 5.74) is 3.92. The molecule has 0 amide bonds. The highest BCUT2D eigenvalue weighted by Gasteiger charge is 2.10. The molecule has 6 heteroatoms. The predicted molar refractivity (Wildman–Crippen MR) is 118 cm³/mol. The minimum absolute atomic E-state index is 0.453. The van der Waals surface area contributed by atoms with Crippen LogP contribution >= 0.6 is 23.2 Å². The highest BCUT2D eigenvalue weighted by Crippen LogP contribution is 2.29. The molecule has 0 unspecified atom stereocenters. The molecule has 0 saturated heterocycles. The molecule has 0 radical (unpaired) electrons. The highest BCUT2D eigenvalue weighted by molar-refractivity contribution is 6.35. The van der Waals surface area contributed by atoms with Crippen molar-refractivity contribution >= 4 is 51.6 Å². The molecule has 28 heavy (non-hydrogen) atoms. The third-order valence-corrected chi connectivity index (χ3v) is 4.92. The Labute approximate surface area is 173 Å². The molecule has 0 aliphatic heterocycles. The number of hydrogen-bond acceptors (Lipinski definition) is 4. The van der Waals surface area contributed by atoms with E-state index in [4.69, 9.17) is 23.2 Å². The van der Waals surface area contributed by atoms with Gasteiger partial charge in [-0.05, 0) is 42.8 Å². The molecule has 0 fully saturated rings. The second-order valence-electron chi connectivity index (χ2n) is 6.50. The van der Waals surface area contributed by atoms with Crippen LogP contribution in [-0.4, -0.2) is 9.97 Å². The Bertz CT molecular complexity index is 1130. The van der Waals surface area contributed by atoms with Gasteiger partial charge >= 0.3 is 0 Å². The van der Waals surface area contributed by atoms with E-state index >= 15 is 0 Å². The molecule has 4 rings (SSSR count). The maximum absolute atomic E-state index is 6.27. The third kappa shape index (κ3) is 4.19. The van der Waals surface area contributed by atoms with Gasteiger partial charge in [-0.25, -0.2) is 4.98 Å². The Hall–Kier alpha value is -2.82. The van der Waals surface area contributed by atoms with Crippen LogP contribution in [0.15, 0.2) is 66.7 Å². The van der Waals surface area contributed by atoms with Crippen molar-refractivity contribution < 1.29 is 0 Å². The number of anilines is 3. The fraction of sp³-hybridized carbons (Fsp3) is 0.0909. The molecule has 2 N–H and O–H groups in total. The van der Waals surface area contributed by atoms with Gasteiger partial charge in [0.15, 0.2) is 0 Å². The summed E-state index contributed by atoms with van der Waals surface area (Å²) in [4.78, 5) is 9.27. The molecular formula is C22H18Cl2N4. The van der Waals surface area contributed by atoms with Gasteiger partial charge in [0.05, 0.1) is 16.2 Å². The number of aryl methyl sites for hydroxylation is 1. The maximum atomic E-state index is 6.27. The maximum Gasteiger partial charge on any atom is 0.229 e. The second-order valence-corrected chi connectivity index (χ2v) is 7.34. The summed E-state index contributed by atoms with van der Waals surface area (Å²) in [6, 6.07) is 21.5. The summed E-state index contributed by atoms with van der Waals surface area (Å²) in [5, 5.41) is 8.69. The number of nitrogens with one attached hydrogen (secondary N) is 2. The van der Waals surface area contributed by atoms with E-state index < -0.39 is 0 Å². The highest BCUT2D eigenvalue weighted by atomic mass is 35.5. The van der Waals surface area contributed by atoms with Crippen LogP contribution in [0.25, 0.3) is 10.9 Å². The van der Waals surface area contributed by atoms with Crippen molar-refractivity contribution in [3.63, 3.8) is 0 Å². The van der Waals surface area contributed by atoms with E-state index in [0.717, 1.165) is 16.7 Å². The fourth-order valence-corrected chi connectivity index (χ4v) is 3.21. The quantitative estimate of drug-likeness (QED) is 0.390. The Morgan fingerprint density at radius 1 is 0.893 bits per heavy atom. The Morgan fingerprint density at radius 2 is 1.68 bits per heavy atom. The summed E-state index contributed by atoms with van der Waals surface area (Å²) in [7, 11) is 0. The standard InChI is InChI=1S/C22H18Cl2N4/c1-14-6-8-15(9-7-14)13-25-21-17-4-2-3-5-19(17)26-22(28-21)27-20-12-16(23)10-11-18(20)24/h2-12H,13H2,1H3,(H2,25,26,27,28). The smallest absolute Gasteiger partial charge is 0.229 e. The van der Waals surface area contributed by atoms with Gasteiger partial charge in [-0.1, -0.05) is 65.2 Å². The largest absolute Gasteiger partial charge is 0.365 e. The SMILES string of the molecule is Cc1ccc(CNc2nc(Nc3cc(Cl)ccc3Cl)nc3ccccc23)cc1. The lowest BCUT2D eigenvalue weighted by Gasteiger charge is -2.13. The van der Waals surface area contributed by atoms with Crippen LogP contribution in [-0.2, 0) is 6.54 Å². The number of benzene rings is 3. The molecular weight excluding hydrogens is 391 g/mol. The van der Waals surface area contributed by atoms with Crippen molar-refractivity contribution in [3.05, 3.63) is 87.9 Å². The van der Waals surface area contributed by atoms with Crippen molar-refractivity contribution in [2.75, 3.05) is 10.6 Å². The zero-order valence-electron chi connectivity index (χ0n) is 15.2. The first kappa shape index (κ1) is 18.5. The van der Waals surface area contributed by atoms with Gasteiger partial charge in [0.1, 0.15) is 5.82 Å². The van der Waals surface area contributed by atoms with Crippen molar-refractivity contribution in [3.8, 4) is 0 Å². The van der Waals surface area contributed by atoms with Crippen molar-refractivity contribution in [1.29, 1.82) is 0 Å². The molecule has 4 nitrogen and oxygen atoms in total. The van der Waals surface area contributed by atoms with E-state index in [1.807, 2.05) is 24.3 Å². The van der Waals surface area contributed by atoms with E-state index in [-0.39, 0.29) is 0 Å². The van der Waals surface area contributed by atoms with Gasteiger partial charge in [-0.3, -0.25) is 0 Å². The molecule has 1 heterocycles. The summed E-state index contributed by atoms with van der Waals surface area (Å²) in [6.07, 6.45) is 0. The number of halogens is 2. The van der Waals surface area contributed by atoms with Crippen LogP contribution in [0.2, 0.25) is 10.0 Å². The first-order chi connectivity index (χ1) is 13.6. The zero-order chi connectivity index (χ0) is 19.5. The summed E-state index contributed by atoms with van der Waals surface area (Å²) in [6.45, 7) is 2.74. The fourth-order valence-electron chi connectivity index (χ4n) is 2.87. The number of para-hydroxylation sites is 1. The minimum Gasteiger partial charge on any atom is -0.365 e. The Kier molecular flexibility index (Phi) is 5.33. The molecule has 0 spiro atoms. The van der Waals surface area contributed by atoms with Crippen LogP contribution in [0.3, 0.4) is 0 Å². The number of fused-ring (bicyclic) bond motifs is 1. The monoisotopic (exact) mass is 408 g/mol. The van der Waals surface area contributed by atoms with E-state index in [1.165, 1.54) is 11.1 Å². The van der Waals surface area contributed by atoms with Gasteiger partial charge in [0.25, 0.3) is 0 Å². The van der Waals surface area contributed by atoms with Crippen LogP contribution in [0, 0.1) is 6.92 Å². The van der Waals surface area contributed by atoms with Crippen LogP contribution in [0.5, 0.6) is 0 Å². The van der Waals surface area contributed by atoms with Crippen LogP contribution < -0.4 is 10.6 Å². The lowest BCUT2D eigenvalue weighted by Crippen LogP contribution is -2.06. The first-order valence-electron chi connectivity index (χ1n) is 8.87. The number of hydrogen-bond donors (Lipinski definition) is 2. The molecule has 4 aromatic rings. The number of aromatic nitrogens is 2. The van der Waals surface area contributed by atoms with Gasteiger partial charge in [-0.15, -0.1) is 0 Å². The van der Waals surface area contributed by atoms with Gasteiger partial charge < -0.3 is 10.6 Å². The van der Waals surface area contributed by atoms with Crippen molar-refractivity contribution in [1.82, 2.24) is 9.97 Å². The Balaban J connectivity index is 1.66. The Morgan fingerprint density at radius 3 is 2.50 bits per heavy atom. The number of rotatable bonds is 5. The molecule has 0 aliphatic carbocycles. The summed E-state index contributed by atoms with van der Waals surface area (Å²) in [5.74, 6) is 1.21. The topological polar surface area (TPSA) is 49.8 Å². The third-order valence-electron chi connectivity index (χ3n) is 4.36. The average molecular weight is 409 g/mol. The molecule has 0 aliphatic rings. The molecule has 140 valence electrons. The minimum atomic E-state index is 0.453. The summed E-state index contributed by atoms with van der Waals surface area (Å²) >= 11 is 12.4. The lowest BCUT2D eigenvalue weighted by molar-refractivity contribution is 1.10. The predicted octanol–water partition coefficient (Wildman–Crippen LogP) is 6.60. The van der Waals surface area contributed by atoms with E-state index in [1.54, 1.807) is 18.2 Å².